The third-order valence-electron chi connectivity index (χ3n) is 2.84. The number of ether oxygens (including phenoxy) is 1. The van der Waals surface area contributed by atoms with Gasteiger partial charge in [-0.1, -0.05) is 6.07 Å². The van der Waals surface area contributed by atoms with E-state index in [1.807, 2.05) is 0 Å². The molecular formula is C15H11F5N2O2. The Morgan fingerprint density at radius 2 is 1.96 bits per heavy atom. The Morgan fingerprint density at radius 1 is 1.21 bits per heavy atom. The molecule has 0 aliphatic heterocycles. The number of hydrogen-bond acceptors (Lipinski definition) is 3. The number of rotatable bonds is 5. The molecule has 0 saturated heterocycles. The molecule has 1 aromatic carbocycles. The zero-order valence-electron chi connectivity index (χ0n) is 12.0. The van der Waals surface area contributed by atoms with Gasteiger partial charge in [0, 0.05) is 24.4 Å². The average Bonchev–Trinajstić information content (AvgIpc) is 2.50. The van der Waals surface area contributed by atoms with Crippen molar-refractivity contribution in [1.29, 1.82) is 0 Å². The summed E-state index contributed by atoms with van der Waals surface area (Å²) in [6.45, 7) is -1.77. The molecule has 128 valence electrons. The van der Waals surface area contributed by atoms with Crippen molar-refractivity contribution in [3.05, 3.63) is 59.3 Å². The standard InChI is InChI=1S/C15H11F5N2O2/c16-10-3-4-11(12(17)6-10)13(23)22-7-9-2-1-5-21-14(9)24-8-15(18,19)20/h1-6H,7-8H2,(H,22,23). The van der Waals surface area contributed by atoms with E-state index in [0.29, 0.717) is 6.07 Å². The minimum Gasteiger partial charge on any atom is -0.468 e. The minimum absolute atomic E-state index is 0.178. The second-order valence-corrected chi connectivity index (χ2v) is 4.68. The maximum absolute atomic E-state index is 13.5. The predicted octanol–water partition coefficient (Wildman–Crippen LogP) is 3.23. The van der Waals surface area contributed by atoms with E-state index in [0.717, 1.165) is 12.1 Å². The van der Waals surface area contributed by atoms with Crippen LogP contribution in [0.15, 0.2) is 36.5 Å². The quantitative estimate of drug-likeness (QED) is 0.846. The molecule has 24 heavy (non-hydrogen) atoms. The first-order valence-electron chi connectivity index (χ1n) is 6.63. The number of benzene rings is 1. The molecule has 0 radical (unpaired) electrons. The highest BCUT2D eigenvalue weighted by atomic mass is 19.4. The van der Waals surface area contributed by atoms with Crippen molar-refractivity contribution in [2.45, 2.75) is 12.7 Å². The van der Waals surface area contributed by atoms with Crippen LogP contribution >= 0.6 is 0 Å². The third-order valence-corrected chi connectivity index (χ3v) is 2.84. The molecule has 9 heteroatoms. The SMILES string of the molecule is O=C(NCc1cccnc1OCC(F)(F)F)c1ccc(F)cc1F. The molecule has 1 heterocycles. The summed E-state index contributed by atoms with van der Waals surface area (Å²) < 4.78 is 67.4. The Hall–Kier alpha value is -2.71. The number of nitrogens with zero attached hydrogens (tertiary/aromatic N) is 1. The second kappa shape index (κ2) is 7.24. The zero-order valence-corrected chi connectivity index (χ0v) is 12.0. The molecule has 0 spiro atoms. The van der Waals surface area contributed by atoms with Crippen LogP contribution < -0.4 is 10.1 Å². The van der Waals surface area contributed by atoms with E-state index in [1.54, 1.807) is 0 Å². The van der Waals surface area contributed by atoms with Gasteiger partial charge in [-0.05, 0) is 18.2 Å². The van der Waals surface area contributed by atoms with E-state index >= 15 is 0 Å². The number of hydrogen-bond donors (Lipinski definition) is 1. The summed E-state index contributed by atoms with van der Waals surface area (Å²) in [7, 11) is 0. The molecule has 0 fully saturated rings. The van der Waals surface area contributed by atoms with Gasteiger partial charge in [0.25, 0.3) is 5.91 Å². The largest absolute Gasteiger partial charge is 0.468 e. The number of nitrogens with one attached hydrogen (secondary N) is 1. The normalized spacial score (nSPS) is 11.2. The number of halogens is 5. The highest BCUT2D eigenvalue weighted by Crippen LogP contribution is 2.20. The molecule has 1 aromatic heterocycles. The number of aromatic nitrogens is 1. The van der Waals surface area contributed by atoms with E-state index < -0.39 is 35.9 Å². The summed E-state index contributed by atoms with van der Waals surface area (Å²) in [4.78, 5) is 15.5. The van der Waals surface area contributed by atoms with Crippen LogP contribution in [0.3, 0.4) is 0 Å². The van der Waals surface area contributed by atoms with Crippen LogP contribution in [0.2, 0.25) is 0 Å². The number of pyridine rings is 1. The molecule has 1 N–H and O–H groups in total. The Bertz CT molecular complexity index is 734. The van der Waals surface area contributed by atoms with E-state index in [9.17, 15) is 26.7 Å². The maximum atomic E-state index is 13.5. The van der Waals surface area contributed by atoms with E-state index in [-0.39, 0.29) is 18.0 Å². The van der Waals surface area contributed by atoms with Crippen LogP contribution in [0.25, 0.3) is 0 Å². The van der Waals surface area contributed by atoms with Crippen molar-refractivity contribution in [1.82, 2.24) is 10.3 Å². The molecule has 0 unspecified atom stereocenters. The molecule has 4 nitrogen and oxygen atoms in total. The highest BCUT2D eigenvalue weighted by molar-refractivity contribution is 5.94. The molecule has 0 aliphatic rings. The predicted molar refractivity (Wildman–Crippen MR) is 73.3 cm³/mol. The van der Waals surface area contributed by atoms with Gasteiger partial charge in [0.2, 0.25) is 5.88 Å². The van der Waals surface area contributed by atoms with Crippen molar-refractivity contribution in [3.63, 3.8) is 0 Å². The van der Waals surface area contributed by atoms with Crippen molar-refractivity contribution >= 4 is 5.91 Å². The third kappa shape index (κ3) is 4.90. The Kier molecular flexibility index (Phi) is 5.32. The van der Waals surface area contributed by atoms with Gasteiger partial charge in [-0.15, -0.1) is 0 Å². The first kappa shape index (κ1) is 17.6. The van der Waals surface area contributed by atoms with Crippen molar-refractivity contribution < 1.29 is 31.5 Å². The molecule has 1 amide bonds. The Labute approximate surface area is 133 Å². The van der Waals surface area contributed by atoms with E-state index in [2.05, 4.69) is 15.0 Å². The molecule has 0 bridgehead atoms. The number of amides is 1. The summed E-state index contributed by atoms with van der Waals surface area (Å²) in [5.74, 6) is -3.03. The first-order valence-corrected chi connectivity index (χ1v) is 6.63. The zero-order chi connectivity index (χ0) is 17.7. The molecule has 0 aliphatic carbocycles. The molecule has 0 saturated carbocycles. The van der Waals surface area contributed by atoms with Crippen LogP contribution in [0.1, 0.15) is 15.9 Å². The van der Waals surface area contributed by atoms with Crippen LogP contribution in [0, 0.1) is 11.6 Å². The fraction of sp³-hybridized carbons (Fsp3) is 0.200. The summed E-state index contributed by atoms with van der Waals surface area (Å²) in [6, 6.07) is 5.28. The molecule has 2 rings (SSSR count). The minimum atomic E-state index is -4.53. The van der Waals surface area contributed by atoms with Gasteiger partial charge < -0.3 is 10.1 Å². The lowest BCUT2D eigenvalue weighted by molar-refractivity contribution is -0.154. The molecule has 0 atom stereocenters. The molecular weight excluding hydrogens is 335 g/mol. The van der Waals surface area contributed by atoms with Crippen LogP contribution in [0.5, 0.6) is 5.88 Å². The average molecular weight is 346 g/mol. The van der Waals surface area contributed by atoms with E-state index in [4.69, 9.17) is 0 Å². The number of alkyl halides is 3. The fourth-order valence-electron chi connectivity index (χ4n) is 1.78. The van der Waals surface area contributed by atoms with Gasteiger partial charge in [0.1, 0.15) is 11.6 Å². The van der Waals surface area contributed by atoms with Gasteiger partial charge in [0.05, 0.1) is 5.56 Å². The lowest BCUT2D eigenvalue weighted by Crippen LogP contribution is -2.25. The Balaban J connectivity index is 2.05. The van der Waals surface area contributed by atoms with Gasteiger partial charge in [-0.2, -0.15) is 13.2 Å². The number of carbonyl (C=O) groups excluding carboxylic acids is 1. The van der Waals surface area contributed by atoms with E-state index in [1.165, 1.54) is 18.3 Å². The summed E-state index contributed by atoms with van der Waals surface area (Å²) in [5.41, 5.74) is -0.212. The first-order chi connectivity index (χ1) is 11.3. The van der Waals surface area contributed by atoms with Gasteiger partial charge in [-0.25, -0.2) is 13.8 Å². The van der Waals surface area contributed by atoms with Crippen LogP contribution in [-0.2, 0) is 6.54 Å². The van der Waals surface area contributed by atoms with Gasteiger partial charge >= 0.3 is 6.18 Å². The maximum Gasteiger partial charge on any atom is 0.422 e. The Morgan fingerprint density at radius 3 is 2.62 bits per heavy atom. The van der Waals surface area contributed by atoms with Crippen molar-refractivity contribution in [3.8, 4) is 5.88 Å². The summed E-state index contributed by atoms with van der Waals surface area (Å²) in [6.07, 6.45) is -3.30. The topological polar surface area (TPSA) is 51.2 Å². The second-order valence-electron chi connectivity index (χ2n) is 4.68. The fourth-order valence-corrected chi connectivity index (χ4v) is 1.78. The summed E-state index contributed by atoms with van der Waals surface area (Å²) in [5, 5.41) is 2.31. The molecule has 2 aromatic rings. The monoisotopic (exact) mass is 346 g/mol. The smallest absolute Gasteiger partial charge is 0.422 e. The van der Waals surface area contributed by atoms with Gasteiger partial charge in [-0.3, -0.25) is 4.79 Å². The number of carbonyl (C=O) groups is 1. The van der Waals surface area contributed by atoms with Crippen molar-refractivity contribution in [2.24, 2.45) is 0 Å². The lowest BCUT2D eigenvalue weighted by atomic mass is 10.2. The van der Waals surface area contributed by atoms with Crippen LogP contribution in [0.4, 0.5) is 22.0 Å². The van der Waals surface area contributed by atoms with Crippen molar-refractivity contribution in [2.75, 3.05) is 6.61 Å². The van der Waals surface area contributed by atoms with Crippen LogP contribution in [-0.4, -0.2) is 23.7 Å². The summed E-state index contributed by atoms with van der Waals surface area (Å²) >= 11 is 0. The highest BCUT2D eigenvalue weighted by Gasteiger charge is 2.29. The van der Waals surface area contributed by atoms with Gasteiger partial charge in [0.15, 0.2) is 6.61 Å². The lowest BCUT2D eigenvalue weighted by Gasteiger charge is -2.12.